The summed E-state index contributed by atoms with van der Waals surface area (Å²) in [4.78, 5) is 10.7. The molecule has 70 valence electrons. The summed E-state index contributed by atoms with van der Waals surface area (Å²) in [5.41, 5.74) is -0.642. The summed E-state index contributed by atoms with van der Waals surface area (Å²) in [5.74, 6) is -0.781. The van der Waals surface area contributed by atoms with Gasteiger partial charge in [0.2, 0.25) is 0 Å². The van der Waals surface area contributed by atoms with Gasteiger partial charge in [-0.05, 0) is 13.3 Å². The molecule has 0 aromatic heterocycles. The highest BCUT2D eigenvalue weighted by Gasteiger charge is 2.60. The monoisotopic (exact) mass is 174 g/mol. The number of hydrogen-bond donors (Lipinski definition) is 1. The number of carboxylic acid groups (broad SMARTS) is 1. The van der Waals surface area contributed by atoms with Gasteiger partial charge >= 0.3 is 5.97 Å². The fourth-order valence-electron chi connectivity index (χ4n) is 1.47. The van der Waals surface area contributed by atoms with E-state index in [1.54, 1.807) is 6.92 Å². The third-order valence-electron chi connectivity index (χ3n) is 2.58. The second-order valence-corrected chi connectivity index (χ2v) is 3.37. The van der Waals surface area contributed by atoms with E-state index in [1.807, 2.05) is 0 Å². The molecule has 1 N–H and O–H groups in total. The van der Waals surface area contributed by atoms with Gasteiger partial charge in [-0.3, -0.25) is 4.79 Å². The average Bonchev–Trinajstić information content (AvgIpc) is 2.67. The second kappa shape index (κ2) is 3.03. The molecule has 0 heterocycles. The topological polar surface area (TPSA) is 55.8 Å². The first kappa shape index (κ1) is 9.48. The molecule has 0 aromatic carbocycles. The first-order valence-corrected chi connectivity index (χ1v) is 3.85. The van der Waals surface area contributed by atoms with Gasteiger partial charge in [0.05, 0.1) is 5.41 Å². The van der Waals surface area contributed by atoms with Crippen molar-refractivity contribution >= 4 is 5.97 Å². The number of hydrogen-bond acceptors (Lipinski definition) is 3. The molecule has 0 radical (unpaired) electrons. The fourth-order valence-corrected chi connectivity index (χ4v) is 1.47. The molecule has 2 atom stereocenters. The molecule has 12 heavy (non-hydrogen) atoms. The Kier molecular flexibility index (Phi) is 2.39. The molecule has 1 rings (SSSR count). The van der Waals surface area contributed by atoms with Crippen LogP contribution in [-0.2, 0) is 14.3 Å². The van der Waals surface area contributed by atoms with Gasteiger partial charge in [-0.25, -0.2) is 0 Å². The van der Waals surface area contributed by atoms with Gasteiger partial charge in [0.1, 0.15) is 0 Å². The van der Waals surface area contributed by atoms with Crippen molar-refractivity contribution in [2.75, 3.05) is 14.2 Å². The Morgan fingerprint density at radius 2 is 2.08 bits per heavy atom. The third kappa shape index (κ3) is 1.32. The Hall–Kier alpha value is -0.610. The first-order valence-electron chi connectivity index (χ1n) is 3.85. The smallest absolute Gasteiger partial charge is 0.309 e. The van der Waals surface area contributed by atoms with Crippen LogP contribution < -0.4 is 0 Å². The van der Waals surface area contributed by atoms with Crippen LogP contribution in [0.25, 0.3) is 0 Å². The standard InChI is InChI=1S/C8H14O4/c1-8(7(9)10)4-5(8)6(11-2)12-3/h5-6H,4H2,1-3H3,(H,9,10)/t5-,8+/m0/s1. The highest BCUT2D eigenvalue weighted by molar-refractivity contribution is 5.78. The van der Waals surface area contributed by atoms with Crippen LogP contribution in [0, 0.1) is 11.3 Å². The van der Waals surface area contributed by atoms with Crippen molar-refractivity contribution < 1.29 is 19.4 Å². The molecule has 1 fully saturated rings. The van der Waals surface area contributed by atoms with Crippen LogP contribution in [0.2, 0.25) is 0 Å². The molecular formula is C8H14O4. The third-order valence-corrected chi connectivity index (χ3v) is 2.58. The number of carboxylic acids is 1. The predicted octanol–water partition coefficient (Wildman–Crippen LogP) is 0.716. The summed E-state index contributed by atoms with van der Waals surface area (Å²) in [7, 11) is 3.05. The van der Waals surface area contributed by atoms with E-state index in [0.29, 0.717) is 6.42 Å². The second-order valence-electron chi connectivity index (χ2n) is 3.37. The van der Waals surface area contributed by atoms with E-state index >= 15 is 0 Å². The summed E-state index contributed by atoms with van der Waals surface area (Å²) in [5, 5.41) is 8.81. The van der Waals surface area contributed by atoms with Gasteiger partial charge in [-0.1, -0.05) is 0 Å². The number of rotatable bonds is 4. The molecule has 0 aromatic rings. The SMILES string of the molecule is COC(OC)[C@@H]1C[C@@]1(C)C(=O)O. The molecule has 1 aliphatic rings. The van der Waals surface area contributed by atoms with E-state index in [-0.39, 0.29) is 12.2 Å². The van der Waals surface area contributed by atoms with E-state index in [0.717, 1.165) is 0 Å². The van der Waals surface area contributed by atoms with Crippen molar-refractivity contribution in [3.63, 3.8) is 0 Å². The van der Waals surface area contributed by atoms with Crippen LogP contribution in [0.5, 0.6) is 0 Å². The van der Waals surface area contributed by atoms with Crippen molar-refractivity contribution in [3.8, 4) is 0 Å². The van der Waals surface area contributed by atoms with Gasteiger partial charge in [-0.15, -0.1) is 0 Å². The van der Waals surface area contributed by atoms with Crippen LogP contribution in [0.4, 0.5) is 0 Å². The number of methoxy groups -OCH3 is 2. The van der Waals surface area contributed by atoms with Crippen molar-refractivity contribution in [2.45, 2.75) is 19.6 Å². The number of carbonyl (C=O) groups is 1. The molecule has 0 bridgehead atoms. The minimum absolute atomic E-state index is 0.00926. The Morgan fingerprint density at radius 3 is 2.33 bits per heavy atom. The minimum Gasteiger partial charge on any atom is -0.481 e. The lowest BCUT2D eigenvalue weighted by Gasteiger charge is -2.14. The van der Waals surface area contributed by atoms with Crippen LogP contribution in [0.1, 0.15) is 13.3 Å². The van der Waals surface area contributed by atoms with Crippen LogP contribution in [0.3, 0.4) is 0 Å². The maximum absolute atomic E-state index is 10.7. The molecule has 0 unspecified atom stereocenters. The van der Waals surface area contributed by atoms with E-state index in [4.69, 9.17) is 14.6 Å². The zero-order valence-corrected chi connectivity index (χ0v) is 7.53. The molecule has 0 spiro atoms. The Bertz CT molecular complexity index is 187. The lowest BCUT2D eigenvalue weighted by atomic mass is 10.1. The molecule has 1 saturated carbocycles. The summed E-state index contributed by atoms with van der Waals surface area (Å²) in [6.45, 7) is 1.71. The van der Waals surface area contributed by atoms with Gasteiger partial charge in [0.25, 0.3) is 0 Å². The fraction of sp³-hybridized carbons (Fsp3) is 0.875. The molecule has 0 saturated heterocycles. The van der Waals surface area contributed by atoms with E-state index in [1.165, 1.54) is 14.2 Å². The number of aliphatic carboxylic acids is 1. The summed E-state index contributed by atoms with van der Waals surface area (Å²) in [6.07, 6.45) is 0.250. The predicted molar refractivity (Wildman–Crippen MR) is 41.7 cm³/mol. The van der Waals surface area contributed by atoms with Crippen LogP contribution in [0.15, 0.2) is 0 Å². The maximum Gasteiger partial charge on any atom is 0.309 e. The summed E-state index contributed by atoms with van der Waals surface area (Å²) in [6, 6.07) is 0. The molecule has 4 heteroatoms. The van der Waals surface area contributed by atoms with Gasteiger partial charge in [0.15, 0.2) is 6.29 Å². The zero-order valence-electron chi connectivity index (χ0n) is 7.53. The van der Waals surface area contributed by atoms with Crippen molar-refractivity contribution in [3.05, 3.63) is 0 Å². The van der Waals surface area contributed by atoms with Crippen molar-refractivity contribution in [1.29, 1.82) is 0 Å². The molecule has 1 aliphatic carbocycles. The van der Waals surface area contributed by atoms with Gasteiger partial charge in [0, 0.05) is 20.1 Å². The maximum atomic E-state index is 10.7. The van der Waals surface area contributed by atoms with Crippen molar-refractivity contribution in [2.24, 2.45) is 11.3 Å². The summed E-state index contributed by atoms with van der Waals surface area (Å²) < 4.78 is 9.97. The quantitative estimate of drug-likeness (QED) is 0.638. The lowest BCUT2D eigenvalue weighted by Crippen LogP contribution is -2.23. The highest BCUT2D eigenvalue weighted by Crippen LogP contribution is 2.54. The Balaban J connectivity index is 2.55. The first-order chi connectivity index (χ1) is 5.56. The van der Waals surface area contributed by atoms with E-state index in [9.17, 15) is 4.79 Å². The number of ether oxygens (including phenoxy) is 2. The molecular weight excluding hydrogens is 160 g/mol. The Labute approximate surface area is 71.5 Å². The highest BCUT2D eigenvalue weighted by atomic mass is 16.7. The van der Waals surface area contributed by atoms with Crippen molar-refractivity contribution in [1.82, 2.24) is 0 Å². The lowest BCUT2D eigenvalue weighted by molar-refractivity contribution is -0.151. The molecule has 0 amide bonds. The zero-order chi connectivity index (χ0) is 9.35. The Morgan fingerprint density at radius 1 is 1.58 bits per heavy atom. The van der Waals surface area contributed by atoms with E-state index in [2.05, 4.69) is 0 Å². The van der Waals surface area contributed by atoms with E-state index < -0.39 is 11.4 Å². The largest absolute Gasteiger partial charge is 0.481 e. The normalized spacial score (nSPS) is 33.8. The van der Waals surface area contributed by atoms with Gasteiger partial charge in [-0.2, -0.15) is 0 Å². The minimum atomic E-state index is -0.772. The molecule has 4 nitrogen and oxygen atoms in total. The summed E-state index contributed by atoms with van der Waals surface area (Å²) >= 11 is 0. The molecule has 0 aliphatic heterocycles. The van der Waals surface area contributed by atoms with Crippen LogP contribution >= 0.6 is 0 Å². The van der Waals surface area contributed by atoms with Crippen LogP contribution in [-0.4, -0.2) is 31.6 Å². The average molecular weight is 174 g/mol. The van der Waals surface area contributed by atoms with Gasteiger partial charge < -0.3 is 14.6 Å².